The second kappa shape index (κ2) is 13.6. The molecule has 0 radical (unpaired) electrons. The second-order valence-corrected chi connectivity index (χ2v) is 16.4. The van der Waals surface area contributed by atoms with Gasteiger partial charge in [0.25, 0.3) is 0 Å². The Balaban J connectivity index is 1.04. The predicted octanol–water partition coefficient (Wildman–Crippen LogP) is 15.8. The van der Waals surface area contributed by atoms with Gasteiger partial charge in [-0.15, -0.1) is 11.3 Å². The van der Waals surface area contributed by atoms with E-state index in [1.165, 1.54) is 97.5 Å². The Labute approximate surface area is 346 Å². The van der Waals surface area contributed by atoms with Gasteiger partial charge in [0.15, 0.2) is 0 Å². The van der Waals surface area contributed by atoms with Crippen molar-refractivity contribution < 1.29 is 0 Å². The quantitative estimate of drug-likeness (QED) is 0.159. The zero-order chi connectivity index (χ0) is 38.9. The molecule has 0 N–H and O–H groups in total. The highest BCUT2D eigenvalue weighted by Crippen LogP contribution is 2.41. The van der Waals surface area contributed by atoms with E-state index in [1.807, 2.05) is 11.3 Å². The van der Waals surface area contributed by atoms with E-state index < -0.39 is 0 Å². The Morgan fingerprint density at radius 3 is 1.75 bits per heavy atom. The largest absolute Gasteiger partial charge is 0.309 e. The topological polar surface area (TPSA) is 9.86 Å². The third-order valence-corrected chi connectivity index (χ3v) is 13.1. The van der Waals surface area contributed by atoms with E-state index in [0.717, 1.165) is 11.4 Å². The molecule has 3 heterocycles. The molecule has 0 aliphatic rings. The summed E-state index contributed by atoms with van der Waals surface area (Å²) in [5, 5.41) is 7.50. The number of nitrogens with zero attached hydrogens (tertiary/aromatic N) is 2. The molecule has 12 rings (SSSR count). The highest BCUT2D eigenvalue weighted by Gasteiger charge is 2.18. The number of thiophene rings is 1. The lowest BCUT2D eigenvalue weighted by Crippen LogP contribution is -1.97. The van der Waals surface area contributed by atoms with Crippen molar-refractivity contribution in [2.75, 3.05) is 0 Å². The molecule has 0 amide bonds. The maximum atomic E-state index is 2.45. The van der Waals surface area contributed by atoms with E-state index in [4.69, 9.17) is 0 Å². The van der Waals surface area contributed by atoms with Crippen molar-refractivity contribution >= 4 is 64.1 Å². The third kappa shape index (κ3) is 5.62. The lowest BCUT2D eigenvalue weighted by Gasteiger charge is -2.14. The molecule has 9 aromatic carbocycles. The van der Waals surface area contributed by atoms with Gasteiger partial charge in [0.05, 0.1) is 22.4 Å². The van der Waals surface area contributed by atoms with Gasteiger partial charge in [0.1, 0.15) is 0 Å². The summed E-state index contributed by atoms with van der Waals surface area (Å²) in [6, 6.07) is 80.1. The molecule has 0 atom stereocenters. The maximum absolute atomic E-state index is 2.45. The normalized spacial score (nSPS) is 11.7. The van der Waals surface area contributed by atoms with Crippen LogP contribution in [0.25, 0.3) is 109 Å². The van der Waals surface area contributed by atoms with Crippen LogP contribution in [0.3, 0.4) is 0 Å². The Hall–Kier alpha value is -7.46. The minimum absolute atomic E-state index is 1.14. The van der Waals surface area contributed by atoms with E-state index in [1.54, 1.807) is 0 Å². The summed E-state index contributed by atoms with van der Waals surface area (Å²) in [7, 11) is 0. The molecule has 0 aliphatic carbocycles. The first kappa shape index (κ1) is 33.7. The zero-order valence-corrected chi connectivity index (χ0v) is 32.9. The molecule has 0 fully saturated rings. The fraction of sp³-hybridized carbons (Fsp3) is 0. The zero-order valence-electron chi connectivity index (χ0n) is 32.1. The molecule has 3 aromatic heterocycles. The molecule has 2 nitrogen and oxygen atoms in total. The molecule has 59 heavy (non-hydrogen) atoms. The first-order chi connectivity index (χ1) is 29.2. The summed E-state index contributed by atoms with van der Waals surface area (Å²) in [5.74, 6) is 0. The molecule has 0 unspecified atom stereocenters. The number of aromatic nitrogens is 2. The van der Waals surface area contributed by atoms with Crippen molar-refractivity contribution in [1.29, 1.82) is 0 Å². The molecule has 0 aliphatic heterocycles. The number of rotatable bonds is 6. The van der Waals surface area contributed by atoms with E-state index >= 15 is 0 Å². The van der Waals surface area contributed by atoms with E-state index in [2.05, 4.69) is 228 Å². The van der Waals surface area contributed by atoms with Crippen molar-refractivity contribution in [3.8, 4) is 56.1 Å². The Kier molecular flexibility index (Phi) is 7.75. The molecule has 0 bridgehead atoms. The average Bonchev–Trinajstić information content (AvgIpc) is 4.00. The van der Waals surface area contributed by atoms with Crippen LogP contribution in [-0.4, -0.2) is 9.13 Å². The molecular weight excluding hydrogens is 733 g/mol. The summed E-state index contributed by atoms with van der Waals surface area (Å²) in [6.45, 7) is 0. The van der Waals surface area contributed by atoms with E-state index in [0.29, 0.717) is 0 Å². The summed E-state index contributed by atoms with van der Waals surface area (Å²) >= 11 is 1.86. The van der Waals surface area contributed by atoms with Crippen LogP contribution in [0.15, 0.2) is 218 Å². The van der Waals surface area contributed by atoms with Crippen LogP contribution >= 0.6 is 11.3 Å². The van der Waals surface area contributed by atoms with Crippen LogP contribution < -0.4 is 0 Å². The van der Waals surface area contributed by atoms with Crippen LogP contribution in [0.1, 0.15) is 0 Å². The van der Waals surface area contributed by atoms with Crippen molar-refractivity contribution in [3.63, 3.8) is 0 Å². The van der Waals surface area contributed by atoms with Crippen molar-refractivity contribution in [2.45, 2.75) is 0 Å². The highest BCUT2D eigenvalue weighted by atomic mass is 32.1. The smallest absolute Gasteiger partial charge is 0.0547 e. The number of benzene rings is 9. The lowest BCUT2D eigenvalue weighted by atomic mass is 10.0. The first-order valence-corrected chi connectivity index (χ1v) is 21.0. The number of fused-ring (bicyclic) bond motifs is 6. The van der Waals surface area contributed by atoms with Gasteiger partial charge in [-0.3, -0.25) is 0 Å². The summed E-state index contributed by atoms with van der Waals surface area (Å²) in [5.41, 5.74) is 14.2. The lowest BCUT2D eigenvalue weighted by molar-refractivity contribution is 1.14. The standard InChI is InChI=1S/C56H36N2S/c1-3-12-37(13-4-1)38-24-27-45(28-25-38)57-51-30-26-41(32-44(51)35-54(57)48-20-11-17-39-14-7-8-18-47(39)48)42-22-23-43-34-52(40-15-5-2-6-16-40)58(53(43)33-42)46-29-31-56-50(36-46)49-19-9-10-21-55(49)59-56/h1-36H. The van der Waals surface area contributed by atoms with Gasteiger partial charge in [-0.1, -0.05) is 152 Å². The molecule has 12 aromatic rings. The minimum Gasteiger partial charge on any atom is -0.309 e. The molecule has 0 saturated carbocycles. The fourth-order valence-electron chi connectivity index (χ4n) is 9.09. The van der Waals surface area contributed by atoms with Crippen LogP contribution in [0.5, 0.6) is 0 Å². The van der Waals surface area contributed by atoms with Crippen LogP contribution in [0.4, 0.5) is 0 Å². The van der Waals surface area contributed by atoms with Crippen molar-refractivity contribution in [1.82, 2.24) is 9.13 Å². The average molecular weight is 769 g/mol. The SMILES string of the molecule is c1ccc(-c2ccc(-n3c(-c4cccc5ccccc45)cc4cc(-c5ccc6cc(-c7ccccc7)n(-c7ccc8sc9ccccc9c8c7)c6c5)ccc43)cc2)cc1. The van der Waals surface area contributed by atoms with Gasteiger partial charge < -0.3 is 9.13 Å². The Morgan fingerprint density at radius 1 is 0.288 bits per heavy atom. The number of hydrogen-bond acceptors (Lipinski definition) is 1. The summed E-state index contributed by atoms with van der Waals surface area (Å²) in [4.78, 5) is 0. The van der Waals surface area contributed by atoms with Gasteiger partial charge in [-0.2, -0.15) is 0 Å². The molecule has 3 heteroatoms. The van der Waals surface area contributed by atoms with Gasteiger partial charge in [-0.05, 0) is 105 Å². The summed E-state index contributed by atoms with van der Waals surface area (Å²) < 4.78 is 7.51. The molecule has 0 spiro atoms. The van der Waals surface area contributed by atoms with Crippen molar-refractivity contribution in [3.05, 3.63) is 218 Å². The second-order valence-electron chi connectivity index (χ2n) is 15.4. The molecule has 0 saturated heterocycles. The van der Waals surface area contributed by atoms with Crippen molar-refractivity contribution in [2.24, 2.45) is 0 Å². The maximum Gasteiger partial charge on any atom is 0.0547 e. The first-order valence-electron chi connectivity index (χ1n) is 20.2. The van der Waals surface area contributed by atoms with E-state index in [9.17, 15) is 0 Å². The van der Waals surface area contributed by atoms with Gasteiger partial charge in [0.2, 0.25) is 0 Å². The van der Waals surface area contributed by atoms with Crippen LogP contribution in [0.2, 0.25) is 0 Å². The molecule has 276 valence electrons. The van der Waals surface area contributed by atoms with Crippen LogP contribution in [0, 0.1) is 0 Å². The van der Waals surface area contributed by atoms with Gasteiger partial charge in [-0.25, -0.2) is 0 Å². The van der Waals surface area contributed by atoms with Gasteiger partial charge in [0, 0.05) is 47.9 Å². The van der Waals surface area contributed by atoms with E-state index in [-0.39, 0.29) is 0 Å². The van der Waals surface area contributed by atoms with Gasteiger partial charge >= 0.3 is 0 Å². The van der Waals surface area contributed by atoms with Crippen LogP contribution in [-0.2, 0) is 0 Å². The fourth-order valence-corrected chi connectivity index (χ4v) is 10.2. The Morgan fingerprint density at radius 2 is 0.898 bits per heavy atom. The Bertz CT molecular complexity index is 3530. The number of hydrogen-bond donors (Lipinski definition) is 0. The monoisotopic (exact) mass is 768 g/mol. The highest BCUT2D eigenvalue weighted by molar-refractivity contribution is 7.25. The third-order valence-electron chi connectivity index (χ3n) is 11.9. The predicted molar refractivity (Wildman–Crippen MR) is 252 cm³/mol. The summed E-state index contributed by atoms with van der Waals surface area (Å²) in [6.07, 6.45) is 0. The molecular formula is C56H36N2S. The minimum atomic E-state index is 1.14.